The number of benzene rings is 1. The number of hydrogen-bond acceptors (Lipinski definition) is 1. The third-order valence-electron chi connectivity index (χ3n) is 4.55. The van der Waals surface area contributed by atoms with Crippen LogP contribution >= 0.6 is 0 Å². The molecule has 2 fully saturated rings. The Morgan fingerprint density at radius 3 is 2.78 bits per heavy atom. The quantitative estimate of drug-likeness (QED) is 0.541. The molecule has 1 heteroatoms. The van der Waals surface area contributed by atoms with E-state index in [1.54, 1.807) is 0 Å². The molecule has 1 aromatic carbocycles. The summed E-state index contributed by atoms with van der Waals surface area (Å²) < 4.78 is 0. The second kappa shape index (κ2) is 4.61. The van der Waals surface area contributed by atoms with Gasteiger partial charge in [0.25, 0.3) is 0 Å². The van der Waals surface area contributed by atoms with Crippen molar-refractivity contribution >= 4 is 6.29 Å². The zero-order valence-electron chi connectivity index (χ0n) is 10.6. The lowest BCUT2D eigenvalue weighted by molar-refractivity contribution is -0.109. The minimum atomic E-state index is 0.0219. The summed E-state index contributed by atoms with van der Waals surface area (Å²) in [6, 6.07) is 10.1. The standard InChI is InChI=1S/C17H18O/c18-13-16-15-9-5-2-6-11-17(15,16)12-10-14-7-3-1-4-8-14/h1,3-4,7-8,13,15-16H,2,5-6,9,11H2/t15-,16-,17+/m0/s1. The van der Waals surface area contributed by atoms with Gasteiger partial charge < -0.3 is 4.79 Å². The number of hydrogen-bond donors (Lipinski definition) is 0. The molecule has 0 spiro atoms. The monoisotopic (exact) mass is 238 g/mol. The predicted octanol–water partition coefficient (Wildman–Crippen LogP) is 3.43. The number of aldehydes is 1. The first-order valence-corrected chi connectivity index (χ1v) is 6.90. The fraction of sp³-hybridized carbons (Fsp3) is 0.471. The van der Waals surface area contributed by atoms with Crippen molar-refractivity contribution in [2.24, 2.45) is 17.3 Å². The second-order valence-corrected chi connectivity index (χ2v) is 5.52. The maximum Gasteiger partial charge on any atom is 0.124 e. The van der Waals surface area contributed by atoms with Gasteiger partial charge >= 0.3 is 0 Å². The van der Waals surface area contributed by atoms with Crippen molar-refractivity contribution < 1.29 is 4.79 Å². The molecule has 0 aromatic heterocycles. The van der Waals surface area contributed by atoms with Crippen LogP contribution in [0.2, 0.25) is 0 Å². The third kappa shape index (κ3) is 1.86. The lowest BCUT2D eigenvalue weighted by Gasteiger charge is -2.06. The van der Waals surface area contributed by atoms with Crippen LogP contribution in [0.4, 0.5) is 0 Å². The van der Waals surface area contributed by atoms with Crippen molar-refractivity contribution in [2.75, 3.05) is 0 Å². The molecule has 0 radical (unpaired) electrons. The van der Waals surface area contributed by atoms with Crippen LogP contribution in [0.1, 0.15) is 37.7 Å². The van der Waals surface area contributed by atoms with Gasteiger partial charge in [-0.2, -0.15) is 0 Å². The van der Waals surface area contributed by atoms with E-state index in [9.17, 15) is 4.79 Å². The summed E-state index contributed by atoms with van der Waals surface area (Å²) in [6.45, 7) is 0. The first kappa shape index (κ1) is 11.5. The molecule has 0 bridgehead atoms. The van der Waals surface area contributed by atoms with Crippen LogP contribution in [0.3, 0.4) is 0 Å². The van der Waals surface area contributed by atoms with Crippen molar-refractivity contribution in [1.82, 2.24) is 0 Å². The number of fused-ring (bicyclic) bond motifs is 1. The summed E-state index contributed by atoms with van der Waals surface area (Å²) in [7, 11) is 0. The summed E-state index contributed by atoms with van der Waals surface area (Å²) in [4.78, 5) is 11.2. The molecule has 0 aliphatic heterocycles. The van der Waals surface area contributed by atoms with Crippen LogP contribution in [-0.4, -0.2) is 6.29 Å². The second-order valence-electron chi connectivity index (χ2n) is 5.52. The maximum absolute atomic E-state index is 11.2. The molecule has 2 saturated carbocycles. The van der Waals surface area contributed by atoms with Gasteiger partial charge in [0.05, 0.1) is 0 Å². The van der Waals surface area contributed by atoms with E-state index in [0.717, 1.165) is 18.3 Å². The topological polar surface area (TPSA) is 17.1 Å². The Kier molecular flexibility index (Phi) is 2.96. The van der Waals surface area contributed by atoms with Gasteiger partial charge in [-0.3, -0.25) is 0 Å². The van der Waals surface area contributed by atoms with Crippen LogP contribution in [0.15, 0.2) is 30.3 Å². The Labute approximate surface area is 109 Å². The number of rotatable bonds is 1. The van der Waals surface area contributed by atoms with Crippen molar-refractivity contribution in [3.05, 3.63) is 35.9 Å². The molecule has 0 amide bonds. The smallest absolute Gasteiger partial charge is 0.124 e. The van der Waals surface area contributed by atoms with E-state index < -0.39 is 0 Å². The van der Waals surface area contributed by atoms with Gasteiger partial charge in [-0.05, 0) is 30.9 Å². The summed E-state index contributed by atoms with van der Waals surface area (Å²) in [5, 5.41) is 0. The summed E-state index contributed by atoms with van der Waals surface area (Å²) in [5.41, 5.74) is 1.08. The van der Waals surface area contributed by atoms with Crippen LogP contribution in [-0.2, 0) is 4.79 Å². The summed E-state index contributed by atoms with van der Waals surface area (Å²) in [5.74, 6) is 7.47. The fourth-order valence-corrected chi connectivity index (χ4v) is 3.46. The van der Waals surface area contributed by atoms with Crippen molar-refractivity contribution in [1.29, 1.82) is 0 Å². The van der Waals surface area contributed by atoms with Gasteiger partial charge in [0, 0.05) is 16.9 Å². The third-order valence-corrected chi connectivity index (χ3v) is 4.55. The Morgan fingerprint density at radius 1 is 1.17 bits per heavy atom. The molecule has 0 unspecified atom stereocenters. The number of carbonyl (C=O) groups excluding carboxylic acids is 1. The van der Waals surface area contributed by atoms with E-state index in [2.05, 4.69) is 11.8 Å². The maximum atomic E-state index is 11.2. The van der Waals surface area contributed by atoms with Gasteiger partial charge in [0.1, 0.15) is 6.29 Å². The normalized spacial score (nSPS) is 33.6. The number of carbonyl (C=O) groups is 1. The average molecular weight is 238 g/mol. The van der Waals surface area contributed by atoms with Crippen LogP contribution in [0, 0.1) is 29.1 Å². The van der Waals surface area contributed by atoms with Gasteiger partial charge in [-0.1, -0.05) is 49.3 Å². The zero-order chi connectivity index (χ0) is 12.4. The highest BCUT2D eigenvalue weighted by Crippen LogP contribution is 2.63. The molecular weight excluding hydrogens is 220 g/mol. The highest BCUT2D eigenvalue weighted by atomic mass is 16.1. The van der Waals surface area contributed by atoms with Crippen molar-refractivity contribution in [2.45, 2.75) is 32.1 Å². The minimum Gasteiger partial charge on any atom is -0.303 e. The lowest BCUT2D eigenvalue weighted by Crippen LogP contribution is -2.02. The summed E-state index contributed by atoms with van der Waals surface area (Å²) >= 11 is 0. The Bertz CT molecular complexity index is 493. The molecule has 0 saturated heterocycles. The molecule has 3 rings (SSSR count). The Balaban J connectivity index is 1.86. The molecule has 2 aliphatic carbocycles. The van der Waals surface area contributed by atoms with E-state index in [0.29, 0.717) is 5.92 Å². The van der Waals surface area contributed by atoms with E-state index in [1.807, 2.05) is 30.3 Å². The summed E-state index contributed by atoms with van der Waals surface area (Å²) in [6.07, 6.45) is 7.24. The molecule has 0 heterocycles. The molecule has 0 N–H and O–H groups in total. The first-order valence-electron chi connectivity index (χ1n) is 6.90. The van der Waals surface area contributed by atoms with E-state index >= 15 is 0 Å². The molecule has 92 valence electrons. The minimum absolute atomic E-state index is 0.0219. The Hall–Kier alpha value is -1.55. The van der Waals surface area contributed by atoms with Gasteiger partial charge in [-0.25, -0.2) is 0 Å². The van der Waals surface area contributed by atoms with Gasteiger partial charge in [0.2, 0.25) is 0 Å². The molecule has 18 heavy (non-hydrogen) atoms. The Morgan fingerprint density at radius 2 is 2.00 bits per heavy atom. The largest absolute Gasteiger partial charge is 0.303 e. The highest BCUT2D eigenvalue weighted by Gasteiger charge is 2.63. The van der Waals surface area contributed by atoms with Crippen LogP contribution in [0.5, 0.6) is 0 Å². The average Bonchev–Trinajstić information content (AvgIpc) is 3.07. The lowest BCUT2D eigenvalue weighted by atomic mass is 9.96. The molecule has 2 aliphatic rings. The molecule has 3 atom stereocenters. The van der Waals surface area contributed by atoms with Crippen molar-refractivity contribution in [3.8, 4) is 11.8 Å². The SMILES string of the molecule is O=C[C@H]1[C@@H]2CCCCC[C@]12C#Cc1ccccc1. The van der Waals surface area contributed by atoms with Crippen LogP contribution < -0.4 is 0 Å². The first-order chi connectivity index (χ1) is 8.87. The highest BCUT2D eigenvalue weighted by molar-refractivity contribution is 5.64. The van der Waals surface area contributed by atoms with E-state index in [4.69, 9.17) is 0 Å². The van der Waals surface area contributed by atoms with Gasteiger partial charge in [0.15, 0.2) is 0 Å². The van der Waals surface area contributed by atoms with Gasteiger partial charge in [-0.15, -0.1) is 0 Å². The fourth-order valence-electron chi connectivity index (χ4n) is 3.46. The van der Waals surface area contributed by atoms with E-state index in [1.165, 1.54) is 25.7 Å². The van der Waals surface area contributed by atoms with Crippen LogP contribution in [0.25, 0.3) is 0 Å². The zero-order valence-corrected chi connectivity index (χ0v) is 10.6. The van der Waals surface area contributed by atoms with Crippen molar-refractivity contribution in [3.63, 3.8) is 0 Å². The molecule has 1 aromatic rings. The molecule has 1 nitrogen and oxygen atoms in total. The predicted molar refractivity (Wildman–Crippen MR) is 71.9 cm³/mol. The van der Waals surface area contributed by atoms with E-state index in [-0.39, 0.29) is 11.3 Å². The molecular formula is C17H18O.